The first-order valence-electron chi connectivity index (χ1n) is 8.72. The Hall–Kier alpha value is -2.76. The molecule has 1 atom stereocenters. The van der Waals surface area contributed by atoms with Gasteiger partial charge in [0.15, 0.2) is 0 Å². The van der Waals surface area contributed by atoms with Crippen molar-refractivity contribution >= 4 is 16.8 Å². The van der Waals surface area contributed by atoms with Crippen LogP contribution < -0.4 is 10.1 Å². The van der Waals surface area contributed by atoms with Crippen LogP contribution in [0, 0.1) is 13.8 Å². The van der Waals surface area contributed by atoms with Crippen molar-refractivity contribution in [3.05, 3.63) is 47.0 Å². The Labute approximate surface area is 153 Å². The van der Waals surface area contributed by atoms with E-state index in [1.807, 2.05) is 40.0 Å². The molecule has 1 aromatic carbocycles. The summed E-state index contributed by atoms with van der Waals surface area (Å²) in [4.78, 5) is 12.4. The normalized spacial score (nSPS) is 12.3. The molecular formula is C20H25N3O3. The molecule has 0 aliphatic carbocycles. The summed E-state index contributed by atoms with van der Waals surface area (Å²) in [6.45, 7) is 5.70. The van der Waals surface area contributed by atoms with Gasteiger partial charge in [0.1, 0.15) is 11.5 Å². The molecule has 138 valence electrons. The zero-order chi connectivity index (χ0) is 18.8. The number of methoxy groups -OCH3 is 1. The Morgan fingerprint density at radius 3 is 2.81 bits per heavy atom. The average Bonchev–Trinajstić information content (AvgIpc) is 3.08. The van der Waals surface area contributed by atoms with Crippen LogP contribution in [0.15, 0.2) is 28.9 Å². The number of aromatic nitrogens is 2. The third-order valence-electron chi connectivity index (χ3n) is 4.73. The van der Waals surface area contributed by atoms with E-state index in [0.717, 1.165) is 34.3 Å². The van der Waals surface area contributed by atoms with Crippen molar-refractivity contribution in [3.8, 4) is 5.75 Å². The molecule has 3 aromatic rings. The Morgan fingerprint density at radius 1 is 1.38 bits per heavy atom. The molecule has 0 fully saturated rings. The standard InChI is InChI=1S/C20H25N3O3/c1-12(21-20(24)10-17-13(2)22-26-14(17)3)8-15-11-23(4)19-7-6-16(25-5)9-18(15)19/h6-7,9,11-12H,8,10H2,1-5H3,(H,21,24)/t12-/m0/s1. The van der Waals surface area contributed by atoms with Crippen LogP contribution in [0.5, 0.6) is 5.75 Å². The number of amides is 1. The summed E-state index contributed by atoms with van der Waals surface area (Å²) < 4.78 is 12.6. The maximum absolute atomic E-state index is 12.4. The number of hydrogen-bond donors (Lipinski definition) is 1. The van der Waals surface area contributed by atoms with E-state index in [4.69, 9.17) is 9.26 Å². The van der Waals surface area contributed by atoms with Gasteiger partial charge in [0.25, 0.3) is 0 Å². The average molecular weight is 355 g/mol. The van der Waals surface area contributed by atoms with Crippen molar-refractivity contribution in [2.45, 2.75) is 39.7 Å². The lowest BCUT2D eigenvalue weighted by Crippen LogP contribution is -2.35. The molecule has 3 rings (SSSR count). The summed E-state index contributed by atoms with van der Waals surface area (Å²) in [5.41, 5.74) is 3.97. The lowest BCUT2D eigenvalue weighted by Gasteiger charge is -2.13. The molecule has 0 spiro atoms. The van der Waals surface area contributed by atoms with Crippen LogP contribution in [0.4, 0.5) is 0 Å². The molecular weight excluding hydrogens is 330 g/mol. The topological polar surface area (TPSA) is 69.3 Å². The van der Waals surface area contributed by atoms with Gasteiger partial charge in [-0.2, -0.15) is 0 Å². The predicted molar refractivity (Wildman–Crippen MR) is 100 cm³/mol. The number of fused-ring (bicyclic) bond motifs is 1. The minimum absolute atomic E-state index is 0.0137. The molecule has 0 radical (unpaired) electrons. The van der Waals surface area contributed by atoms with Gasteiger partial charge in [-0.1, -0.05) is 5.16 Å². The van der Waals surface area contributed by atoms with Crippen LogP contribution in [0.1, 0.15) is 29.5 Å². The molecule has 6 heteroatoms. The van der Waals surface area contributed by atoms with Gasteiger partial charge >= 0.3 is 0 Å². The van der Waals surface area contributed by atoms with Gasteiger partial charge in [-0.15, -0.1) is 0 Å². The van der Waals surface area contributed by atoms with E-state index < -0.39 is 0 Å². The van der Waals surface area contributed by atoms with Crippen LogP contribution in [0.3, 0.4) is 0 Å². The number of ether oxygens (including phenoxy) is 1. The Kier molecular flexibility index (Phi) is 5.02. The summed E-state index contributed by atoms with van der Waals surface area (Å²) in [5.74, 6) is 1.51. The van der Waals surface area contributed by atoms with E-state index >= 15 is 0 Å². The number of rotatable bonds is 6. The summed E-state index contributed by atoms with van der Waals surface area (Å²) >= 11 is 0. The van der Waals surface area contributed by atoms with Crippen LogP contribution in [0.25, 0.3) is 10.9 Å². The maximum atomic E-state index is 12.4. The number of carbonyl (C=O) groups excluding carboxylic acids is 1. The van der Waals surface area contributed by atoms with Gasteiger partial charge in [0.05, 0.1) is 19.2 Å². The summed E-state index contributed by atoms with van der Waals surface area (Å²) in [5, 5.41) is 8.13. The highest BCUT2D eigenvalue weighted by Gasteiger charge is 2.16. The molecule has 1 amide bonds. The van der Waals surface area contributed by atoms with E-state index in [0.29, 0.717) is 5.76 Å². The number of hydrogen-bond acceptors (Lipinski definition) is 4. The highest BCUT2D eigenvalue weighted by Crippen LogP contribution is 2.26. The molecule has 2 heterocycles. The largest absolute Gasteiger partial charge is 0.497 e. The number of aryl methyl sites for hydroxylation is 3. The Bertz CT molecular complexity index is 920. The molecule has 6 nitrogen and oxygen atoms in total. The SMILES string of the molecule is COc1ccc2c(c1)c(C[C@H](C)NC(=O)Cc1c(C)noc1C)cn2C. The predicted octanol–water partition coefficient (Wildman–Crippen LogP) is 3.08. The lowest BCUT2D eigenvalue weighted by molar-refractivity contribution is -0.121. The quantitative estimate of drug-likeness (QED) is 0.738. The second kappa shape index (κ2) is 7.23. The van der Waals surface area contributed by atoms with Crippen LogP contribution in [0.2, 0.25) is 0 Å². The number of nitrogens with one attached hydrogen (secondary N) is 1. The van der Waals surface area contributed by atoms with Gasteiger partial charge in [-0.05, 0) is 51.0 Å². The fraction of sp³-hybridized carbons (Fsp3) is 0.400. The maximum Gasteiger partial charge on any atom is 0.224 e. The summed E-state index contributed by atoms with van der Waals surface area (Å²) in [6, 6.07) is 6.07. The number of benzene rings is 1. The molecule has 0 aliphatic heterocycles. The fourth-order valence-electron chi connectivity index (χ4n) is 3.36. The van der Waals surface area contributed by atoms with Crippen LogP contribution in [-0.4, -0.2) is 28.8 Å². The van der Waals surface area contributed by atoms with Gasteiger partial charge in [0, 0.05) is 35.8 Å². The molecule has 0 unspecified atom stereocenters. The molecule has 0 saturated carbocycles. The van der Waals surface area contributed by atoms with E-state index in [-0.39, 0.29) is 18.4 Å². The molecule has 2 aromatic heterocycles. The zero-order valence-electron chi connectivity index (χ0n) is 15.9. The van der Waals surface area contributed by atoms with Crippen LogP contribution in [-0.2, 0) is 24.7 Å². The van der Waals surface area contributed by atoms with Gasteiger partial charge < -0.3 is 19.1 Å². The van der Waals surface area contributed by atoms with Gasteiger partial charge in [0.2, 0.25) is 5.91 Å². The van der Waals surface area contributed by atoms with Crippen molar-refractivity contribution in [1.82, 2.24) is 15.0 Å². The van der Waals surface area contributed by atoms with Gasteiger partial charge in [-0.25, -0.2) is 0 Å². The van der Waals surface area contributed by atoms with Crippen molar-refractivity contribution in [3.63, 3.8) is 0 Å². The third-order valence-corrected chi connectivity index (χ3v) is 4.73. The monoisotopic (exact) mass is 355 g/mol. The second-order valence-corrected chi connectivity index (χ2v) is 6.80. The zero-order valence-corrected chi connectivity index (χ0v) is 15.9. The van der Waals surface area contributed by atoms with Crippen molar-refractivity contribution in [2.24, 2.45) is 7.05 Å². The molecule has 0 aliphatic rings. The molecule has 0 saturated heterocycles. The first kappa shape index (κ1) is 18.0. The molecule has 0 bridgehead atoms. The highest BCUT2D eigenvalue weighted by atomic mass is 16.5. The summed E-state index contributed by atoms with van der Waals surface area (Å²) in [7, 11) is 3.69. The summed E-state index contributed by atoms with van der Waals surface area (Å²) in [6.07, 6.45) is 3.15. The van der Waals surface area contributed by atoms with E-state index in [1.54, 1.807) is 7.11 Å². The van der Waals surface area contributed by atoms with Crippen LogP contribution >= 0.6 is 0 Å². The van der Waals surface area contributed by atoms with E-state index in [1.165, 1.54) is 5.56 Å². The third kappa shape index (κ3) is 3.59. The smallest absolute Gasteiger partial charge is 0.224 e. The van der Waals surface area contributed by atoms with Crippen molar-refractivity contribution in [2.75, 3.05) is 7.11 Å². The lowest BCUT2D eigenvalue weighted by atomic mass is 10.0. The second-order valence-electron chi connectivity index (χ2n) is 6.80. The van der Waals surface area contributed by atoms with Gasteiger partial charge in [-0.3, -0.25) is 4.79 Å². The van der Waals surface area contributed by atoms with Crippen molar-refractivity contribution in [1.29, 1.82) is 0 Å². The number of carbonyl (C=O) groups is 1. The first-order chi connectivity index (χ1) is 12.4. The Morgan fingerprint density at radius 2 is 2.15 bits per heavy atom. The fourth-order valence-corrected chi connectivity index (χ4v) is 3.36. The van der Waals surface area contributed by atoms with E-state index in [9.17, 15) is 4.79 Å². The number of nitrogens with zero attached hydrogens (tertiary/aromatic N) is 2. The highest BCUT2D eigenvalue weighted by molar-refractivity contribution is 5.85. The molecule has 26 heavy (non-hydrogen) atoms. The first-order valence-corrected chi connectivity index (χ1v) is 8.72. The van der Waals surface area contributed by atoms with Crippen molar-refractivity contribution < 1.29 is 14.1 Å². The Balaban J connectivity index is 1.71. The minimum atomic E-state index is -0.0234. The minimum Gasteiger partial charge on any atom is -0.497 e. The molecule has 1 N–H and O–H groups in total. The van der Waals surface area contributed by atoms with E-state index in [2.05, 4.69) is 27.3 Å².